The molecular formula is C20H22O5. The quantitative estimate of drug-likeness (QED) is 0.515. The lowest BCUT2D eigenvalue weighted by Gasteiger charge is -2.11. The van der Waals surface area contributed by atoms with E-state index < -0.39 is 0 Å². The number of rotatable bonds is 9. The van der Waals surface area contributed by atoms with E-state index in [0.29, 0.717) is 37.7 Å². The molecule has 1 saturated heterocycles. The maximum atomic E-state index is 10.8. The second-order valence-electron chi connectivity index (χ2n) is 5.79. The Kier molecular flexibility index (Phi) is 6.42. The lowest BCUT2D eigenvalue weighted by molar-refractivity contribution is -0.0493. The molecule has 5 heteroatoms. The van der Waals surface area contributed by atoms with Gasteiger partial charge in [-0.3, -0.25) is 4.79 Å². The van der Waals surface area contributed by atoms with Crippen molar-refractivity contribution in [2.45, 2.75) is 25.7 Å². The van der Waals surface area contributed by atoms with Crippen LogP contribution in [0.5, 0.6) is 11.5 Å². The third-order valence-corrected chi connectivity index (χ3v) is 3.84. The van der Waals surface area contributed by atoms with Crippen LogP contribution in [-0.2, 0) is 16.1 Å². The van der Waals surface area contributed by atoms with Crippen LogP contribution < -0.4 is 9.47 Å². The molecule has 3 rings (SSSR count). The third kappa shape index (κ3) is 5.59. The molecule has 1 heterocycles. The fourth-order valence-electron chi connectivity index (χ4n) is 2.58. The second-order valence-corrected chi connectivity index (χ2v) is 5.79. The van der Waals surface area contributed by atoms with E-state index in [1.54, 1.807) is 18.2 Å². The number of carbonyl (C=O) groups is 1. The molecule has 0 radical (unpaired) electrons. The highest BCUT2D eigenvalue weighted by Gasteiger charge is 2.14. The molecule has 132 valence electrons. The lowest BCUT2D eigenvalue weighted by Crippen LogP contribution is -2.09. The van der Waals surface area contributed by atoms with Gasteiger partial charge < -0.3 is 18.9 Å². The standard InChI is InChI=1S/C20H22O5/c21-14-16-4-1-7-19(12-16)25-15-17-5-2-6-18(13-17)22-9-3-8-20-23-10-11-24-20/h1-2,4-7,12-14,20H,3,8-11,15H2. The van der Waals surface area contributed by atoms with Gasteiger partial charge in [-0.15, -0.1) is 0 Å². The Bertz CT molecular complexity index is 679. The average molecular weight is 342 g/mol. The molecule has 0 spiro atoms. The van der Waals surface area contributed by atoms with Gasteiger partial charge in [-0.1, -0.05) is 24.3 Å². The van der Waals surface area contributed by atoms with Crippen LogP contribution in [0.4, 0.5) is 0 Å². The monoisotopic (exact) mass is 342 g/mol. The fourth-order valence-corrected chi connectivity index (χ4v) is 2.58. The summed E-state index contributed by atoms with van der Waals surface area (Å²) in [4.78, 5) is 10.8. The number of ether oxygens (including phenoxy) is 4. The van der Waals surface area contributed by atoms with Crippen LogP contribution in [0.3, 0.4) is 0 Å². The Morgan fingerprint density at radius 2 is 1.76 bits per heavy atom. The minimum atomic E-state index is -0.0783. The zero-order chi connectivity index (χ0) is 17.3. The maximum absolute atomic E-state index is 10.8. The van der Waals surface area contributed by atoms with Crippen molar-refractivity contribution >= 4 is 6.29 Å². The first-order chi connectivity index (χ1) is 12.3. The van der Waals surface area contributed by atoms with Crippen molar-refractivity contribution in [1.29, 1.82) is 0 Å². The predicted molar refractivity (Wildman–Crippen MR) is 93.0 cm³/mol. The predicted octanol–water partition coefficient (Wildman–Crippen LogP) is 3.61. The molecule has 0 aromatic heterocycles. The maximum Gasteiger partial charge on any atom is 0.157 e. The molecule has 1 aliphatic heterocycles. The molecule has 0 unspecified atom stereocenters. The molecule has 0 aliphatic carbocycles. The Hall–Kier alpha value is -2.37. The highest BCUT2D eigenvalue weighted by Crippen LogP contribution is 2.18. The van der Waals surface area contributed by atoms with E-state index in [1.807, 2.05) is 30.3 Å². The van der Waals surface area contributed by atoms with E-state index in [9.17, 15) is 4.79 Å². The van der Waals surface area contributed by atoms with Gasteiger partial charge in [-0.2, -0.15) is 0 Å². The van der Waals surface area contributed by atoms with Gasteiger partial charge in [0.2, 0.25) is 0 Å². The van der Waals surface area contributed by atoms with Gasteiger partial charge in [0.25, 0.3) is 0 Å². The summed E-state index contributed by atoms with van der Waals surface area (Å²) in [5.74, 6) is 1.49. The Balaban J connectivity index is 1.44. The van der Waals surface area contributed by atoms with Gasteiger partial charge in [0.15, 0.2) is 6.29 Å². The Morgan fingerprint density at radius 3 is 2.56 bits per heavy atom. The van der Waals surface area contributed by atoms with E-state index in [2.05, 4.69) is 0 Å². The molecule has 0 saturated carbocycles. The van der Waals surface area contributed by atoms with Crippen LogP contribution in [-0.4, -0.2) is 32.4 Å². The normalized spacial score (nSPS) is 14.4. The van der Waals surface area contributed by atoms with Gasteiger partial charge in [-0.25, -0.2) is 0 Å². The Morgan fingerprint density at radius 1 is 1.00 bits per heavy atom. The minimum absolute atomic E-state index is 0.0783. The molecule has 0 N–H and O–H groups in total. The van der Waals surface area contributed by atoms with Crippen LogP contribution in [0.1, 0.15) is 28.8 Å². The lowest BCUT2D eigenvalue weighted by atomic mass is 10.2. The summed E-state index contributed by atoms with van der Waals surface area (Å²) in [5, 5.41) is 0. The third-order valence-electron chi connectivity index (χ3n) is 3.84. The zero-order valence-corrected chi connectivity index (χ0v) is 14.1. The van der Waals surface area contributed by atoms with Crippen molar-refractivity contribution in [3.8, 4) is 11.5 Å². The van der Waals surface area contributed by atoms with Crippen LogP contribution in [0.2, 0.25) is 0 Å². The zero-order valence-electron chi connectivity index (χ0n) is 14.1. The molecule has 0 bridgehead atoms. The van der Waals surface area contributed by atoms with Gasteiger partial charge in [0.05, 0.1) is 19.8 Å². The van der Waals surface area contributed by atoms with Crippen molar-refractivity contribution in [2.24, 2.45) is 0 Å². The topological polar surface area (TPSA) is 54.0 Å². The van der Waals surface area contributed by atoms with Crippen LogP contribution in [0.15, 0.2) is 48.5 Å². The van der Waals surface area contributed by atoms with Crippen molar-refractivity contribution < 1.29 is 23.7 Å². The fraction of sp³-hybridized carbons (Fsp3) is 0.350. The van der Waals surface area contributed by atoms with E-state index in [0.717, 1.165) is 30.4 Å². The minimum Gasteiger partial charge on any atom is -0.494 e. The highest BCUT2D eigenvalue weighted by atomic mass is 16.7. The van der Waals surface area contributed by atoms with Crippen LogP contribution in [0.25, 0.3) is 0 Å². The van der Waals surface area contributed by atoms with E-state index >= 15 is 0 Å². The van der Waals surface area contributed by atoms with Crippen molar-refractivity contribution in [3.63, 3.8) is 0 Å². The number of aldehydes is 1. The second kappa shape index (κ2) is 9.20. The molecule has 25 heavy (non-hydrogen) atoms. The van der Waals surface area contributed by atoms with Gasteiger partial charge in [-0.05, 0) is 36.2 Å². The highest BCUT2D eigenvalue weighted by molar-refractivity contribution is 5.75. The summed E-state index contributed by atoms with van der Waals surface area (Å²) in [6.45, 7) is 2.41. The largest absolute Gasteiger partial charge is 0.494 e. The Labute approximate surface area is 147 Å². The molecule has 1 fully saturated rings. The van der Waals surface area contributed by atoms with Gasteiger partial charge in [0, 0.05) is 12.0 Å². The van der Waals surface area contributed by atoms with Crippen molar-refractivity contribution in [3.05, 3.63) is 59.7 Å². The smallest absolute Gasteiger partial charge is 0.157 e. The molecule has 2 aromatic carbocycles. The SMILES string of the molecule is O=Cc1cccc(OCc2cccc(OCCCC3OCCO3)c2)c1. The molecular weight excluding hydrogens is 320 g/mol. The number of benzene rings is 2. The van der Waals surface area contributed by atoms with E-state index in [4.69, 9.17) is 18.9 Å². The molecule has 1 aliphatic rings. The van der Waals surface area contributed by atoms with E-state index in [1.165, 1.54) is 0 Å². The van der Waals surface area contributed by atoms with Crippen molar-refractivity contribution in [1.82, 2.24) is 0 Å². The summed E-state index contributed by atoms with van der Waals surface area (Å²) < 4.78 is 22.3. The molecule has 5 nitrogen and oxygen atoms in total. The van der Waals surface area contributed by atoms with E-state index in [-0.39, 0.29) is 6.29 Å². The number of carbonyl (C=O) groups excluding carboxylic acids is 1. The average Bonchev–Trinajstić information content (AvgIpc) is 3.18. The molecule has 0 amide bonds. The van der Waals surface area contributed by atoms with Crippen molar-refractivity contribution in [2.75, 3.05) is 19.8 Å². The summed E-state index contributed by atoms with van der Waals surface area (Å²) in [6, 6.07) is 14.9. The number of hydrogen-bond acceptors (Lipinski definition) is 5. The van der Waals surface area contributed by atoms with Gasteiger partial charge in [0.1, 0.15) is 24.4 Å². The first-order valence-electron chi connectivity index (χ1n) is 8.46. The molecule has 0 atom stereocenters. The van der Waals surface area contributed by atoms with Gasteiger partial charge >= 0.3 is 0 Å². The first-order valence-corrected chi connectivity index (χ1v) is 8.46. The summed E-state index contributed by atoms with van der Waals surface area (Å²) in [5.41, 5.74) is 1.61. The summed E-state index contributed by atoms with van der Waals surface area (Å²) in [7, 11) is 0. The van der Waals surface area contributed by atoms with Crippen LogP contribution >= 0.6 is 0 Å². The summed E-state index contributed by atoms with van der Waals surface area (Å²) >= 11 is 0. The van der Waals surface area contributed by atoms with Crippen LogP contribution in [0, 0.1) is 0 Å². The first kappa shape index (κ1) is 17.5. The number of hydrogen-bond donors (Lipinski definition) is 0. The summed E-state index contributed by atoms with van der Waals surface area (Å²) in [6.07, 6.45) is 2.45. The molecule has 2 aromatic rings.